The molecule has 0 saturated carbocycles. The number of ether oxygens (including phenoxy) is 2. The van der Waals surface area contributed by atoms with Crippen molar-refractivity contribution in [3.63, 3.8) is 0 Å². The average molecular weight is 284 g/mol. The van der Waals surface area contributed by atoms with E-state index in [1.54, 1.807) is 0 Å². The number of hydrogen-bond donors (Lipinski definition) is 1. The van der Waals surface area contributed by atoms with Gasteiger partial charge in [-0.25, -0.2) is 0 Å². The lowest BCUT2D eigenvalue weighted by Crippen LogP contribution is -2.49. The van der Waals surface area contributed by atoms with Gasteiger partial charge in [0, 0.05) is 12.5 Å². The minimum Gasteiger partial charge on any atom is -0.387 e. The number of rotatable bonds is 9. The number of hydrogen-bond acceptors (Lipinski definition) is 3. The first-order valence-corrected chi connectivity index (χ1v) is 8.28. The lowest BCUT2D eigenvalue weighted by molar-refractivity contribution is -0.163. The van der Waals surface area contributed by atoms with Crippen molar-refractivity contribution >= 4 is 0 Å². The third kappa shape index (κ3) is 5.94. The van der Waals surface area contributed by atoms with E-state index in [0.717, 1.165) is 6.42 Å². The van der Waals surface area contributed by atoms with Crippen LogP contribution in [-0.4, -0.2) is 36.6 Å². The van der Waals surface area contributed by atoms with E-state index in [0.29, 0.717) is 13.2 Å². The summed E-state index contributed by atoms with van der Waals surface area (Å²) in [6, 6.07) is 0. The Kier molecular flexibility index (Phi) is 9.16. The molecule has 1 rings (SSSR count). The number of unbranched alkanes of at least 4 members (excludes halogenated alkanes) is 5. The molecule has 3 nitrogen and oxygen atoms in total. The smallest absolute Gasteiger partial charge is 0.110 e. The fourth-order valence-corrected chi connectivity index (χ4v) is 2.70. The van der Waals surface area contributed by atoms with Crippen molar-refractivity contribution < 1.29 is 14.6 Å². The van der Waals surface area contributed by atoms with Gasteiger partial charge in [0.15, 0.2) is 0 Å². The summed E-state index contributed by atoms with van der Waals surface area (Å²) in [6.45, 7) is 7.57. The molecule has 0 aliphatic carbocycles. The molecule has 1 aliphatic rings. The maximum atomic E-state index is 10.3. The van der Waals surface area contributed by atoms with Crippen LogP contribution in [0.25, 0.3) is 0 Å². The molecule has 1 aliphatic heterocycles. The van der Waals surface area contributed by atoms with E-state index in [-0.39, 0.29) is 18.1 Å². The van der Waals surface area contributed by atoms with Crippen LogP contribution in [0.5, 0.6) is 0 Å². The lowest BCUT2D eigenvalue weighted by Gasteiger charge is -2.37. The van der Waals surface area contributed by atoms with Gasteiger partial charge in [0.05, 0.1) is 12.7 Å². The molecule has 3 heteroatoms. The third-order valence-electron chi connectivity index (χ3n) is 3.94. The summed E-state index contributed by atoms with van der Waals surface area (Å²) < 4.78 is 11.4. The van der Waals surface area contributed by atoms with Crippen molar-refractivity contribution in [2.75, 3.05) is 13.2 Å². The van der Waals surface area contributed by atoms with E-state index in [1.165, 1.54) is 32.1 Å². The predicted molar refractivity (Wildman–Crippen MR) is 82.8 cm³/mol. The molecular formula is C17H32O3. The van der Waals surface area contributed by atoms with Gasteiger partial charge in [-0.2, -0.15) is 0 Å². The van der Waals surface area contributed by atoms with Gasteiger partial charge in [-0.05, 0) is 19.8 Å². The Labute approximate surface area is 124 Å². The average Bonchev–Trinajstić information content (AvgIpc) is 2.44. The summed E-state index contributed by atoms with van der Waals surface area (Å²) in [4.78, 5) is 0. The van der Waals surface area contributed by atoms with Gasteiger partial charge in [0.25, 0.3) is 0 Å². The molecule has 0 amide bonds. The monoisotopic (exact) mass is 284 g/mol. The third-order valence-corrected chi connectivity index (χ3v) is 3.94. The minimum atomic E-state index is -0.546. The van der Waals surface area contributed by atoms with Gasteiger partial charge in [0.1, 0.15) is 12.2 Å². The Morgan fingerprint density at radius 2 is 1.95 bits per heavy atom. The second-order valence-corrected chi connectivity index (χ2v) is 5.82. The summed E-state index contributed by atoms with van der Waals surface area (Å²) >= 11 is 0. The first-order chi connectivity index (χ1) is 9.70. The SMILES string of the molecule is CCCCCCC/C=C/[C@@H]1OC[C@H](C)[C@H](OCC)[C@@H]1O. The molecule has 20 heavy (non-hydrogen) atoms. The van der Waals surface area contributed by atoms with E-state index < -0.39 is 6.10 Å². The van der Waals surface area contributed by atoms with Crippen molar-refractivity contribution in [3.05, 3.63) is 12.2 Å². The highest BCUT2D eigenvalue weighted by molar-refractivity contribution is 4.99. The number of aliphatic hydroxyl groups is 1. The molecule has 0 radical (unpaired) electrons. The van der Waals surface area contributed by atoms with Crippen molar-refractivity contribution in [2.24, 2.45) is 5.92 Å². The van der Waals surface area contributed by atoms with Crippen molar-refractivity contribution in [1.29, 1.82) is 0 Å². The Morgan fingerprint density at radius 1 is 1.20 bits per heavy atom. The standard InChI is InChI=1S/C17H32O3/c1-4-6-7-8-9-10-11-12-15-16(18)17(19-5-2)14(3)13-20-15/h11-12,14-18H,4-10,13H2,1-3H3/b12-11+/t14-,15-,16+,17-/m0/s1. The predicted octanol–water partition coefficient (Wildman–Crippen LogP) is 3.70. The molecule has 4 atom stereocenters. The first kappa shape index (κ1) is 17.7. The maximum Gasteiger partial charge on any atom is 0.110 e. The summed E-state index contributed by atoms with van der Waals surface area (Å²) in [6.07, 6.45) is 10.9. The van der Waals surface area contributed by atoms with Crippen LogP contribution in [0, 0.1) is 5.92 Å². The summed E-state index contributed by atoms with van der Waals surface area (Å²) in [5.74, 6) is 0.253. The zero-order chi connectivity index (χ0) is 14.8. The van der Waals surface area contributed by atoms with E-state index in [4.69, 9.17) is 9.47 Å². The Bertz CT molecular complexity index is 265. The lowest BCUT2D eigenvalue weighted by atomic mass is 9.93. The molecular weight excluding hydrogens is 252 g/mol. The largest absolute Gasteiger partial charge is 0.387 e. The fourth-order valence-electron chi connectivity index (χ4n) is 2.70. The van der Waals surface area contributed by atoms with E-state index in [1.807, 2.05) is 13.0 Å². The second kappa shape index (κ2) is 10.4. The molecule has 0 aromatic rings. The highest BCUT2D eigenvalue weighted by atomic mass is 16.5. The Hall–Kier alpha value is -0.380. The van der Waals surface area contributed by atoms with Gasteiger partial charge in [-0.15, -0.1) is 0 Å². The van der Waals surface area contributed by atoms with Crippen LogP contribution in [0.1, 0.15) is 59.3 Å². The van der Waals surface area contributed by atoms with Crippen molar-refractivity contribution in [1.82, 2.24) is 0 Å². The fraction of sp³-hybridized carbons (Fsp3) is 0.882. The minimum absolute atomic E-state index is 0.104. The Balaban J connectivity index is 2.28. The topological polar surface area (TPSA) is 38.7 Å². The summed E-state index contributed by atoms with van der Waals surface area (Å²) in [5, 5.41) is 10.3. The van der Waals surface area contributed by atoms with Gasteiger partial charge in [-0.3, -0.25) is 0 Å². The molecule has 1 saturated heterocycles. The van der Waals surface area contributed by atoms with Crippen LogP contribution >= 0.6 is 0 Å². The zero-order valence-electron chi connectivity index (χ0n) is 13.4. The van der Waals surface area contributed by atoms with Gasteiger partial charge >= 0.3 is 0 Å². The molecule has 1 fully saturated rings. The second-order valence-electron chi connectivity index (χ2n) is 5.82. The van der Waals surface area contributed by atoms with E-state index in [9.17, 15) is 5.11 Å². The highest BCUT2D eigenvalue weighted by Crippen LogP contribution is 2.23. The number of aliphatic hydroxyl groups excluding tert-OH is 1. The van der Waals surface area contributed by atoms with Gasteiger partial charge in [-0.1, -0.05) is 51.7 Å². The van der Waals surface area contributed by atoms with Crippen LogP contribution in [0.3, 0.4) is 0 Å². The maximum absolute atomic E-state index is 10.3. The molecule has 118 valence electrons. The Morgan fingerprint density at radius 3 is 2.65 bits per heavy atom. The molecule has 0 aromatic carbocycles. The van der Waals surface area contributed by atoms with Crippen LogP contribution in [-0.2, 0) is 9.47 Å². The molecule has 1 heterocycles. The van der Waals surface area contributed by atoms with Gasteiger partial charge < -0.3 is 14.6 Å². The quantitative estimate of drug-likeness (QED) is 0.518. The molecule has 0 unspecified atom stereocenters. The molecule has 1 N–H and O–H groups in total. The van der Waals surface area contributed by atoms with Crippen LogP contribution in [0.2, 0.25) is 0 Å². The first-order valence-electron chi connectivity index (χ1n) is 8.28. The van der Waals surface area contributed by atoms with Crippen LogP contribution < -0.4 is 0 Å². The van der Waals surface area contributed by atoms with Crippen molar-refractivity contribution in [2.45, 2.75) is 77.6 Å². The summed E-state index contributed by atoms with van der Waals surface area (Å²) in [7, 11) is 0. The molecule has 0 spiro atoms. The van der Waals surface area contributed by atoms with Gasteiger partial charge in [0.2, 0.25) is 0 Å². The molecule has 0 aromatic heterocycles. The zero-order valence-corrected chi connectivity index (χ0v) is 13.4. The van der Waals surface area contributed by atoms with Crippen molar-refractivity contribution in [3.8, 4) is 0 Å². The molecule has 0 bridgehead atoms. The van der Waals surface area contributed by atoms with Crippen LogP contribution in [0.4, 0.5) is 0 Å². The highest BCUT2D eigenvalue weighted by Gasteiger charge is 2.36. The summed E-state index contributed by atoms with van der Waals surface area (Å²) in [5.41, 5.74) is 0. The van der Waals surface area contributed by atoms with E-state index in [2.05, 4.69) is 19.9 Å². The number of allylic oxidation sites excluding steroid dienone is 1. The normalized spacial score (nSPS) is 31.0. The van der Waals surface area contributed by atoms with Crippen LogP contribution in [0.15, 0.2) is 12.2 Å². The van der Waals surface area contributed by atoms with E-state index >= 15 is 0 Å².